The van der Waals surface area contributed by atoms with Crippen LogP contribution in [0, 0.1) is 6.92 Å². The molecule has 0 aliphatic carbocycles. The van der Waals surface area contributed by atoms with E-state index in [0.717, 1.165) is 15.7 Å². The maximum Gasteiger partial charge on any atom is 0.355 e. The average Bonchev–Trinajstić information content (AvgIpc) is 2.78. The number of carbonyl (C=O) groups excluding carboxylic acids is 2. The van der Waals surface area contributed by atoms with E-state index in [1.54, 1.807) is 23.3 Å². The van der Waals surface area contributed by atoms with Gasteiger partial charge in [0.15, 0.2) is 0 Å². The van der Waals surface area contributed by atoms with Gasteiger partial charge in [-0.15, -0.1) is 0 Å². The Balaban J connectivity index is 2.71. The van der Waals surface area contributed by atoms with Crippen LogP contribution in [0.25, 0.3) is 0 Å². The molecule has 0 spiro atoms. The second-order valence-electron chi connectivity index (χ2n) is 4.70. The molecule has 0 fully saturated rings. The fourth-order valence-corrected chi connectivity index (χ4v) is 2.56. The Morgan fingerprint density at radius 2 is 1.78 bits per heavy atom. The molecule has 120 valence electrons. The highest BCUT2D eigenvalue weighted by atomic mass is 79.9. The minimum atomic E-state index is -0.624. The van der Waals surface area contributed by atoms with Gasteiger partial charge in [0.05, 0.1) is 19.8 Å². The lowest BCUT2D eigenvalue weighted by atomic mass is 10.1. The van der Waals surface area contributed by atoms with Crippen LogP contribution in [0.15, 0.2) is 58.4 Å². The summed E-state index contributed by atoms with van der Waals surface area (Å²) in [5, 5.41) is 0. The summed E-state index contributed by atoms with van der Waals surface area (Å²) in [7, 11) is 2.54. The Morgan fingerprint density at radius 1 is 1.09 bits per heavy atom. The molecule has 0 unspecified atom stereocenters. The highest BCUT2D eigenvalue weighted by molar-refractivity contribution is 9.10. The van der Waals surface area contributed by atoms with E-state index in [9.17, 15) is 9.59 Å². The molecule has 1 aromatic carbocycles. The molecule has 0 bridgehead atoms. The van der Waals surface area contributed by atoms with Crippen LogP contribution in [0.5, 0.6) is 0 Å². The van der Waals surface area contributed by atoms with E-state index in [2.05, 4.69) is 15.9 Å². The number of halogens is 1. The number of allylic oxidation sites excluding steroid dienone is 2. The molecule has 1 aliphatic heterocycles. The number of hydrogen-bond acceptors (Lipinski definition) is 5. The third-order valence-electron chi connectivity index (χ3n) is 3.39. The molecule has 1 aromatic rings. The van der Waals surface area contributed by atoms with Gasteiger partial charge < -0.3 is 14.4 Å². The first-order chi connectivity index (χ1) is 11.0. The number of rotatable bonds is 3. The smallest absolute Gasteiger partial charge is 0.355 e. The Hall–Kier alpha value is -2.34. The third-order valence-corrected chi connectivity index (χ3v) is 4.25. The fourth-order valence-electron chi connectivity index (χ4n) is 2.21. The summed E-state index contributed by atoms with van der Waals surface area (Å²) in [5.74, 6) is -1.23. The van der Waals surface area contributed by atoms with E-state index in [-0.39, 0.29) is 11.3 Å². The molecule has 2 rings (SSSR count). The molecule has 0 aromatic heterocycles. The van der Waals surface area contributed by atoms with Crippen molar-refractivity contribution < 1.29 is 19.1 Å². The van der Waals surface area contributed by atoms with Crippen LogP contribution >= 0.6 is 15.9 Å². The monoisotopic (exact) mass is 377 g/mol. The van der Waals surface area contributed by atoms with Gasteiger partial charge in [0.25, 0.3) is 0 Å². The van der Waals surface area contributed by atoms with Crippen molar-refractivity contribution >= 4 is 33.6 Å². The molecule has 0 atom stereocenters. The van der Waals surface area contributed by atoms with Gasteiger partial charge in [-0.1, -0.05) is 28.1 Å². The number of benzene rings is 1. The maximum atomic E-state index is 12.3. The Labute approximate surface area is 143 Å². The lowest BCUT2D eigenvalue weighted by molar-refractivity contribution is -0.139. The quantitative estimate of drug-likeness (QED) is 0.756. The molecule has 0 amide bonds. The summed E-state index contributed by atoms with van der Waals surface area (Å²) < 4.78 is 10.5. The minimum absolute atomic E-state index is 0.102. The van der Waals surface area contributed by atoms with E-state index >= 15 is 0 Å². The normalized spacial score (nSPS) is 13.8. The zero-order valence-corrected chi connectivity index (χ0v) is 14.6. The highest BCUT2D eigenvalue weighted by Gasteiger charge is 2.28. The number of ether oxygens (including phenoxy) is 2. The standard InChI is InChI=1S/C17H16BrNO4/c1-11-13(18)8-6-9-14(11)19-10-5-4-7-12(16(20)22-2)15(19)17(21)23-3/h4-10H,1-3H3. The number of nitrogens with zero attached hydrogens (tertiary/aromatic N) is 1. The Kier molecular flexibility index (Phi) is 5.39. The molecule has 6 heteroatoms. The van der Waals surface area contributed by atoms with E-state index in [0.29, 0.717) is 0 Å². The van der Waals surface area contributed by atoms with Gasteiger partial charge in [-0.2, -0.15) is 0 Å². The van der Waals surface area contributed by atoms with Crippen molar-refractivity contribution in [3.8, 4) is 0 Å². The van der Waals surface area contributed by atoms with Crippen molar-refractivity contribution in [2.24, 2.45) is 0 Å². The molecule has 5 nitrogen and oxygen atoms in total. The van der Waals surface area contributed by atoms with E-state index in [1.165, 1.54) is 20.3 Å². The van der Waals surface area contributed by atoms with Crippen LogP contribution in [0.4, 0.5) is 5.69 Å². The predicted octanol–water partition coefficient (Wildman–Crippen LogP) is 3.25. The first kappa shape index (κ1) is 17.0. The van der Waals surface area contributed by atoms with E-state index in [4.69, 9.17) is 9.47 Å². The predicted molar refractivity (Wildman–Crippen MR) is 90.7 cm³/mol. The number of carbonyl (C=O) groups is 2. The summed E-state index contributed by atoms with van der Waals surface area (Å²) in [6, 6.07) is 5.61. The second kappa shape index (κ2) is 7.28. The summed E-state index contributed by atoms with van der Waals surface area (Å²) in [5.41, 5.74) is 1.90. The first-order valence-corrected chi connectivity index (χ1v) is 7.60. The summed E-state index contributed by atoms with van der Waals surface area (Å²) in [4.78, 5) is 26.0. The van der Waals surface area contributed by atoms with Gasteiger partial charge >= 0.3 is 11.9 Å². The minimum Gasteiger partial charge on any atom is -0.465 e. The van der Waals surface area contributed by atoms with Crippen molar-refractivity contribution in [1.29, 1.82) is 0 Å². The topological polar surface area (TPSA) is 55.8 Å². The van der Waals surface area contributed by atoms with Gasteiger partial charge in [0.1, 0.15) is 5.70 Å². The number of esters is 2. The number of methoxy groups -OCH3 is 2. The summed E-state index contributed by atoms with van der Waals surface area (Å²) >= 11 is 3.47. The highest BCUT2D eigenvalue weighted by Crippen LogP contribution is 2.32. The van der Waals surface area contributed by atoms with Crippen LogP contribution in [0.3, 0.4) is 0 Å². The summed E-state index contributed by atoms with van der Waals surface area (Å²) in [6.07, 6.45) is 6.64. The van der Waals surface area contributed by atoms with Crippen molar-refractivity contribution in [2.75, 3.05) is 19.1 Å². The van der Waals surface area contributed by atoms with Crippen LogP contribution in [-0.2, 0) is 19.1 Å². The average molecular weight is 378 g/mol. The number of anilines is 1. The van der Waals surface area contributed by atoms with Crippen LogP contribution in [0.2, 0.25) is 0 Å². The lowest BCUT2D eigenvalue weighted by Gasteiger charge is -2.25. The molecule has 0 N–H and O–H groups in total. The van der Waals surface area contributed by atoms with Crippen molar-refractivity contribution in [1.82, 2.24) is 0 Å². The van der Waals surface area contributed by atoms with Crippen LogP contribution in [0.1, 0.15) is 5.56 Å². The molecular weight excluding hydrogens is 362 g/mol. The molecule has 0 radical (unpaired) electrons. The van der Waals surface area contributed by atoms with E-state index < -0.39 is 11.9 Å². The maximum absolute atomic E-state index is 12.3. The molecular formula is C17H16BrNO4. The summed E-state index contributed by atoms with van der Waals surface area (Å²) in [6.45, 7) is 1.91. The fraction of sp³-hybridized carbons (Fsp3) is 0.176. The molecule has 23 heavy (non-hydrogen) atoms. The second-order valence-corrected chi connectivity index (χ2v) is 5.55. The largest absolute Gasteiger partial charge is 0.465 e. The zero-order chi connectivity index (χ0) is 17.0. The Bertz CT molecular complexity index is 734. The molecule has 0 saturated carbocycles. The van der Waals surface area contributed by atoms with Crippen LogP contribution < -0.4 is 4.90 Å². The number of hydrogen-bond donors (Lipinski definition) is 0. The van der Waals surface area contributed by atoms with Crippen molar-refractivity contribution in [3.05, 3.63) is 63.9 Å². The van der Waals surface area contributed by atoms with Crippen molar-refractivity contribution in [2.45, 2.75) is 6.92 Å². The SMILES string of the molecule is COC(=O)C1=C(C(=O)OC)N(c2cccc(Br)c2C)C=CC=C1. The van der Waals surface area contributed by atoms with Crippen LogP contribution in [-0.4, -0.2) is 26.2 Å². The Morgan fingerprint density at radius 3 is 2.43 bits per heavy atom. The molecule has 1 heterocycles. The van der Waals surface area contributed by atoms with Gasteiger partial charge in [-0.25, -0.2) is 9.59 Å². The van der Waals surface area contributed by atoms with E-state index in [1.807, 2.05) is 25.1 Å². The lowest BCUT2D eigenvalue weighted by Crippen LogP contribution is -2.27. The van der Waals surface area contributed by atoms with Gasteiger partial charge in [-0.05, 0) is 36.8 Å². The van der Waals surface area contributed by atoms with Crippen molar-refractivity contribution in [3.63, 3.8) is 0 Å². The third kappa shape index (κ3) is 3.37. The zero-order valence-electron chi connectivity index (χ0n) is 13.0. The van der Waals surface area contributed by atoms with Gasteiger partial charge in [0, 0.05) is 16.4 Å². The molecule has 1 aliphatic rings. The van der Waals surface area contributed by atoms with Gasteiger partial charge in [0.2, 0.25) is 0 Å². The first-order valence-electron chi connectivity index (χ1n) is 6.81. The van der Waals surface area contributed by atoms with Gasteiger partial charge in [-0.3, -0.25) is 0 Å². The molecule has 0 saturated heterocycles.